The van der Waals surface area contributed by atoms with E-state index < -0.39 is 22.0 Å². The number of carbonyl (C=O) groups is 2. The minimum Gasteiger partial charge on any atom is -0.354 e. The molecular formula is C26H37N3O4S. The van der Waals surface area contributed by atoms with Crippen LogP contribution in [0, 0.1) is 19.8 Å². The maximum absolute atomic E-state index is 13.7. The zero-order valence-electron chi connectivity index (χ0n) is 21.0. The molecule has 0 aromatic heterocycles. The first-order valence-corrected chi connectivity index (χ1v) is 13.4. The SMILES string of the molecule is CC[C@@H](C(=O)NCC(C)C)N(Cc1ccccc1C)C(=O)CN(c1cccc(C)c1)S(C)(=O)=O. The number of aryl methyl sites for hydroxylation is 2. The van der Waals surface area contributed by atoms with Gasteiger partial charge in [-0.15, -0.1) is 0 Å². The fourth-order valence-corrected chi connectivity index (χ4v) is 4.55. The molecule has 186 valence electrons. The van der Waals surface area contributed by atoms with Crippen molar-refractivity contribution in [3.63, 3.8) is 0 Å². The average molecular weight is 488 g/mol. The Bertz CT molecular complexity index is 1100. The zero-order chi connectivity index (χ0) is 25.5. The van der Waals surface area contributed by atoms with Crippen LogP contribution in [0.1, 0.15) is 43.9 Å². The van der Waals surface area contributed by atoms with Gasteiger partial charge in [-0.25, -0.2) is 8.42 Å². The van der Waals surface area contributed by atoms with Crippen LogP contribution in [0.4, 0.5) is 5.69 Å². The quantitative estimate of drug-likeness (QED) is 0.524. The van der Waals surface area contributed by atoms with Gasteiger partial charge in [0.2, 0.25) is 21.8 Å². The van der Waals surface area contributed by atoms with E-state index in [9.17, 15) is 18.0 Å². The van der Waals surface area contributed by atoms with Crippen LogP contribution in [0.2, 0.25) is 0 Å². The highest BCUT2D eigenvalue weighted by Gasteiger charge is 2.32. The highest BCUT2D eigenvalue weighted by Crippen LogP contribution is 2.21. The first-order chi connectivity index (χ1) is 15.9. The summed E-state index contributed by atoms with van der Waals surface area (Å²) in [5.74, 6) is -0.398. The van der Waals surface area contributed by atoms with Crippen LogP contribution in [-0.2, 0) is 26.2 Å². The fourth-order valence-electron chi connectivity index (χ4n) is 3.71. The Balaban J connectivity index is 2.43. The Hall–Kier alpha value is -2.87. The molecule has 2 rings (SSSR count). The van der Waals surface area contributed by atoms with Crippen molar-refractivity contribution in [2.45, 2.75) is 53.6 Å². The molecule has 0 radical (unpaired) electrons. The minimum atomic E-state index is -3.73. The maximum Gasteiger partial charge on any atom is 0.244 e. The van der Waals surface area contributed by atoms with Gasteiger partial charge in [0.1, 0.15) is 12.6 Å². The average Bonchev–Trinajstić information content (AvgIpc) is 2.76. The zero-order valence-corrected chi connectivity index (χ0v) is 21.9. The molecule has 2 aromatic carbocycles. The smallest absolute Gasteiger partial charge is 0.244 e. The van der Waals surface area contributed by atoms with Gasteiger partial charge in [-0.1, -0.05) is 57.2 Å². The number of carbonyl (C=O) groups excluding carboxylic acids is 2. The number of hydrogen-bond acceptors (Lipinski definition) is 4. The number of nitrogens with zero attached hydrogens (tertiary/aromatic N) is 2. The second-order valence-electron chi connectivity index (χ2n) is 9.12. The first kappa shape index (κ1) is 27.4. The molecule has 0 aliphatic heterocycles. The van der Waals surface area contributed by atoms with E-state index in [1.54, 1.807) is 18.2 Å². The fraction of sp³-hybridized carbons (Fsp3) is 0.462. The molecule has 0 saturated heterocycles. The van der Waals surface area contributed by atoms with Gasteiger partial charge in [0.05, 0.1) is 11.9 Å². The molecule has 34 heavy (non-hydrogen) atoms. The van der Waals surface area contributed by atoms with E-state index in [1.165, 1.54) is 4.90 Å². The molecule has 0 spiro atoms. The Morgan fingerprint density at radius 2 is 1.71 bits per heavy atom. The second kappa shape index (κ2) is 12.0. The molecule has 0 aliphatic carbocycles. The van der Waals surface area contributed by atoms with Crippen molar-refractivity contribution in [1.82, 2.24) is 10.2 Å². The molecule has 0 saturated carbocycles. The van der Waals surface area contributed by atoms with Crippen molar-refractivity contribution in [3.05, 3.63) is 65.2 Å². The summed E-state index contributed by atoms with van der Waals surface area (Å²) >= 11 is 0. The molecular weight excluding hydrogens is 450 g/mol. The summed E-state index contributed by atoms with van der Waals surface area (Å²) in [4.78, 5) is 28.2. The summed E-state index contributed by atoms with van der Waals surface area (Å²) in [5, 5.41) is 2.93. The standard InChI is InChI=1S/C26H37N3O4S/c1-7-24(26(31)27-16-19(2)3)28(17-22-13-9-8-12-21(22)5)25(30)18-29(34(6,32)33)23-14-10-11-20(4)15-23/h8-15,19,24H,7,16-18H2,1-6H3,(H,27,31)/t24-/m0/s1. The number of sulfonamides is 1. The number of benzene rings is 2. The molecule has 7 nitrogen and oxygen atoms in total. The van der Waals surface area contributed by atoms with Gasteiger partial charge in [0, 0.05) is 13.1 Å². The normalized spacial score (nSPS) is 12.3. The van der Waals surface area contributed by atoms with Crippen LogP contribution in [0.5, 0.6) is 0 Å². The van der Waals surface area contributed by atoms with Crippen molar-refractivity contribution in [1.29, 1.82) is 0 Å². The summed E-state index contributed by atoms with van der Waals surface area (Å²) in [7, 11) is -3.73. The Morgan fingerprint density at radius 3 is 2.26 bits per heavy atom. The van der Waals surface area contributed by atoms with E-state index >= 15 is 0 Å². The van der Waals surface area contributed by atoms with E-state index in [0.29, 0.717) is 18.7 Å². The minimum absolute atomic E-state index is 0.213. The number of nitrogens with one attached hydrogen (secondary N) is 1. The topological polar surface area (TPSA) is 86.8 Å². The van der Waals surface area contributed by atoms with Crippen LogP contribution >= 0.6 is 0 Å². The lowest BCUT2D eigenvalue weighted by molar-refractivity contribution is -0.140. The third-order valence-electron chi connectivity index (χ3n) is 5.64. The summed E-state index contributed by atoms with van der Waals surface area (Å²) in [6.07, 6.45) is 1.49. The molecule has 0 fully saturated rings. The summed E-state index contributed by atoms with van der Waals surface area (Å²) < 4.78 is 26.4. The molecule has 8 heteroatoms. The third kappa shape index (κ3) is 7.58. The van der Waals surface area contributed by atoms with Crippen LogP contribution < -0.4 is 9.62 Å². The van der Waals surface area contributed by atoms with Crippen molar-refractivity contribution in [2.75, 3.05) is 23.7 Å². The van der Waals surface area contributed by atoms with E-state index in [4.69, 9.17) is 0 Å². The van der Waals surface area contributed by atoms with Gasteiger partial charge in [-0.2, -0.15) is 0 Å². The lowest BCUT2D eigenvalue weighted by Gasteiger charge is -2.33. The number of rotatable bonds is 11. The van der Waals surface area contributed by atoms with E-state index in [1.807, 2.05) is 65.0 Å². The van der Waals surface area contributed by atoms with Crippen molar-refractivity contribution in [3.8, 4) is 0 Å². The molecule has 0 bridgehead atoms. The lowest BCUT2D eigenvalue weighted by atomic mass is 10.1. The van der Waals surface area contributed by atoms with Crippen LogP contribution in [0.25, 0.3) is 0 Å². The molecule has 0 aliphatic rings. The Kier molecular flexibility index (Phi) is 9.67. The second-order valence-corrected chi connectivity index (χ2v) is 11.0. The third-order valence-corrected chi connectivity index (χ3v) is 6.78. The van der Waals surface area contributed by atoms with Crippen LogP contribution in [0.3, 0.4) is 0 Å². The van der Waals surface area contributed by atoms with E-state index in [-0.39, 0.29) is 24.9 Å². The van der Waals surface area contributed by atoms with Gasteiger partial charge in [0.25, 0.3) is 0 Å². The number of hydrogen-bond donors (Lipinski definition) is 1. The van der Waals surface area contributed by atoms with Crippen molar-refractivity contribution in [2.24, 2.45) is 5.92 Å². The summed E-state index contributed by atoms with van der Waals surface area (Å²) in [6, 6.07) is 14.0. The highest BCUT2D eigenvalue weighted by molar-refractivity contribution is 7.92. The molecule has 2 aromatic rings. The Morgan fingerprint density at radius 1 is 1.03 bits per heavy atom. The molecule has 0 unspecified atom stereocenters. The van der Waals surface area contributed by atoms with Gasteiger partial charge < -0.3 is 10.2 Å². The number of anilines is 1. The van der Waals surface area contributed by atoms with Crippen molar-refractivity contribution < 1.29 is 18.0 Å². The molecule has 1 N–H and O–H groups in total. The lowest BCUT2D eigenvalue weighted by Crippen LogP contribution is -2.52. The van der Waals surface area contributed by atoms with Gasteiger partial charge in [-0.3, -0.25) is 13.9 Å². The van der Waals surface area contributed by atoms with Crippen molar-refractivity contribution >= 4 is 27.5 Å². The summed E-state index contributed by atoms with van der Waals surface area (Å²) in [6.45, 7) is 10.0. The highest BCUT2D eigenvalue weighted by atomic mass is 32.2. The molecule has 1 atom stereocenters. The van der Waals surface area contributed by atoms with Crippen LogP contribution in [0.15, 0.2) is 48.5 Å². The molecule has 0 heterocycles. The van der Waals surface area contributed by atoms with E-state index in [2.05, 4.69) is 5.32 Å². The summed E-state index contributed by atoms with van der Waals surface area (Å²) in [5.41, 5.74) is 3.21. The predicted octanol–water partition coefficient (Wildman–Crippen LogP) is 3.65. The molecule has 2 amide bonds. The van der Waals surface area contributed by atoms with Crippen LogP contribution in [-0.4, -0.2) is 50.5 Å². The van der Waals surface area contributed by atoms with Gasteiger partial charge >= 0.3 is 0 Å². The first-order valence-electron chi connectivity index (χ1n) is 11.6. The largest absolute Gasteiger partial charge is 0.354 e. The monoisotopic (exact) mass is 487 g/mol. The number of amides is 2. The Labute approximate surface area is 204 Å². The maximum atomic E-state index is 13.7. The van der Waals surface area contributed by atoms with Gasteiger partial charge in [0.15, 0.2) is 0 Å². The predicted molar refractivity (Wildman–Crippen MR) is 137 cm³/mol. The van der Waals surface area contributed by atoms with Gasteiger partial charge in [-0.05, 0) is 55.0 Å². The van der Waals surface area contributed by atoms with E-state index in [0.717, 1.165) is 27.3 Å².